The van der Waals surface area contributed by atoms with Crippen molar-refractivity contribution in [3.05, 3.63) is 65.7 Å². The van der Waals surface area contributed by atoms with Crippen molar-refractivity contribution in [1.29, 1.82) is 0 Å². The number of aliphatic hydroxyl groups is 1. The van der Waals surface area contributed by atoms with Gasteiger partial charge in [0.1, 0.15) is 5.82 Å². The number of carbonyl (C=O) groups excluding carboxylic acids is 2. The van der Waals surface area contributed by atoms with Gasteiger partial charge in [-0.25, -0.2) is 4.39 Å². The Hall–Kier alpha value is -2.64. The Bertz CT molecular complexity index is 882. The average molecular weight is 411 g/mol. The fraction of sp³-hybridized carbons (Fsp3) is 0.435. The van der Waals surface area contributed by atoms with E-state index in [4.69, 9.17) is 0 Å². The zero-order valence-corrected chi connectivity index (χ0v) is 16.8. The molecular weight excluding hydrogens is 385 g/mol. The zero-order chi connectivity index (χ0) is 21.1. The monoisotopic (exact) mass is 411 g/mol. The molecule has 3 heterocycles. The lowest BCUT2D eigenvalue weighted by Crippen LogP contribution is -2.58. The molecule has 1 aromatic heterocycles. The van der Waals surface area contributed by atoms with E-state index in [0.29, 0.717) is 56.6 Å². The molecule has 4 rings (SSSR count). The van der Waals surface area contributed by atoms with E-state index in [2.05, 4.69) is 9.88 Å². The number of Topliss-reactive ketones (excluding diaryl/α,β-unsaturated/α-hetero) is 1. The number of nitrogens with zero attached hydrogens (tertiary/aromatic N) is 3. The molecule has 1 aromatic carbocycles. The highest BCUT2D eigenvalue weighted by molar-refractivity contribution is 5.97. The highest BCUT2D eigenvalue weighted by Gasteiger charge is 2.37. The predicted molar refractivity (Wildman–Crippen MR) is 110 cm³/mol. The molecule has 0 unspecified atom stereocenters. The van der Waals surface area contributed by atoms with E-state index in [1.165, 1.54) is 24.3 Å². The van der Waals surface area contributed by atoms with E-state index in [0.717, 1.165) is 0 Å². The lowest BCUT2D eigenvalue weighted by molar-refractivity contribution is -0.0175. The lowest BCUT2D eigenvalue weighted by atomic mass is 9.87. The second-order valence-electron chi connectivity index (χ2n) is 8.10. The number of ketones is 1. The third kappa shape index (κ3) is 4.42. The van der Waals surface area contributed by atoms with E-state index in [-0.39, 0.29) is 29.5 Å². The largest absolute Gasteiger partial charge is 0.391 e. The molecule has 30 heavy (non-hydrogen) atoms. The Balaban J connectivity index is 1.36. The third-order valence-corrected chi connectivity index (χ3v) is 6.24. The first-order valence-electron chi connectivity index (χ1n) is 10.4. The molecule has 7 heteroatoms. The van der Waals surface area contributed by atoms with Crippen LogP contribution in [-0.2, 0) is 0 Å². The fourth-order valence-electron chi connectivity index (χ4n) is 4.48. The van der Waals surface area contributed by atoms with Crippen LogP contribution in [0.15, 0.2) is 48.8 Å². The number of hydrogen-bond acceptors (Lipinski definition) is 5. The normalized spacial score (nSPS) is 23.3. The van der Waals surface area contributed by atoms with Gasteiger partial charge in [0.05, 0.1) is 17.7 Å². The van der Waals surface area contributed by atoms with E-state index in [1.807, 2.05) is 0 Å². The summed E-state index contributed by atoms with van der Waals surface area (Å²) in [5.41, 5.74) is 1.09. The standard InChI is InChI=1S/C23H26FN3O3/c24-19-5-3-16(4-6-19)22(29)17-7-11-26(12-8-17)20-15-27(13-9-21(20)28)23(30)18-2-1-10-25-14-18/h1-6,10,14,17,20-21,28H,7-9,11-13,15H2/t20-,21-/m1/s1. The number of likely N-dealkylation sites (tertiary alicyclic amines) is 2. The van der Waals surface area contributed by atoms with Gasteiger partial charge in [-0.15, -0.1) is 0 Å². The van der Waals surface area contributed by atoms with Crippen molar-refractivity contribution in [3.8, 4) is 0 Å². The van der Waals surface area contributed by atoms with E-state index < -0.39 is 6.10 Å². The van der Waals surface area contributed by atoms with Gasteiger partial charge in [-0.1, -0.05) is 0 Å². The summed E-state index contributed by atoms with van der Waals surface area (Å²) in [6.07, 6.45) is 4.62. The minimum Gasteiger partial charge on any atom is -0.391 e. The molecule has 2 aliphatic rings. The molecule has 2 aliphatic heterocycles. The average Bonchev–Trinajstić information content (AvgIpc) is 2.80. The van der Waals surface area contributed by atoms with E-state index in [1.54, 1.807) is 29.4 Å². The molecule has 0 radical (unpaired) electrons. The topological polar surface area (TPSA) is 73.7 Å². The van der Waals surface area contributed by atoms with Crippen LogP contribution in [0.2, 0.25) is 0 Å². The number of amides is 1. The minimum atomic E-state index is -0.493. The smallest absolute Gasteiger partial charge is 0.255 e. The Morgan fingerprint density at radius 2 is 1.73 bits per heavy atom. The first kappa shape index (κ1) is 20.6. The second-order valence-corrected chi connectivity index (χ2v) is 8.10. The van der Waals surface area contributed by atoms with Crippen molar-refractivity contribution in [2.45, 2.75) is 31.4 Å². The number of aliphatic hydroxyl groups excluding tert-OH is 1. The summed E-state index contributed by atoms with van der Waals surface area (Å²) in [7, 11) is 0. The number of piperidine rings is 2. The van der Waals surface area contributed by atoms with Crippen molar-refractivity contribution in [1.82, 2.24) is 14.8 Å². The maximum atomic E-state index is 13.1. The van der Waals surface area contributed by atoms with Crippen LogP contribution in [0.5, 0.6) is 0 Å². The predicted octanol–water partition coefficient (Wildman–Crippen LogP) is 2.39. The SMILES string of the molecule is O=C(c1ccc(F)cc1)C1CCN([C@@H]2CN(C(=O)c3cccnc3)CC[C@H]2O)CC1. The van der Waals surface area contributed by atoms with Gasteiger partial charge in [-0.3, -0.25) is 19.5 Å². The van der Waals surface area contributed by atoms with E-state index >= 15 is 0 Å². The second kappa shape index (κ2) is 9.02. The molecule has 0 bridgehead atoms. The molecule has 2 aromatic rings. The number of aromatic nitrogens is 1. The summed E-state index contributed by atoms with van der Waals surface area (Å²) in [6.45, 7) is 2.36. The highest BCUT2D eigenvalue weighted by atomic mass is 19.1. The van der Waals surface area contributed by atoms with Crippen LogP contribution in [-0.4, -0.2) is 69.9 Å². The van der Waals surface area contributed by atoms with Crippen molar-refractivity contribution in [3.63, 3.8) is 0 Å². The first-order valence-corrected chi connectivity index (χ1v) is 10.4. The van der Waals surface area contributed by atoms with Crippen LogP contribution in [0.4, 0.5) is 4.39 Å². The summed E-state index contributed by atoms with van der Waals surface area (Å²) in [6, 6.07) is 9.06. The van der Waals surface area contributed by atoms with Gasteiger partial charge in [0, 0.05) is 37.0 Å². The van der Waals surface area contributed by atoms with E-state index in [9.17, 15) is 19.1 Å². The minimum absolute atomic E-state index is 0.0484. The molecule has 6 nitrogen and oxygen atoms in total. The van der Waals surface area contributed by atoms with Crippen molar-refractivity contribution < 1.29 is 19.1 Å². The molecule has 2 fully saturated rings. The highest BCUT2D eigenvalue weighted by Crippen LogP contribution is 2.26. The zero-order valence-electron chi connectivity index (χ0n) is 16.8. The molecule has 0 saturated carbocycles. The van der Waals surface area contributed by atoms with Gasteiger partial charge in [0.2, 0.25) is 0 Å². The van der Waals surface area contributed by atoms with Gasteiger partial charge in [0.15, 0.2) is 5.78 Å². The number of hydrogen-bond donors (Lipinski definition) is 1. The van der Waals surface area contributed by atoms with Crippen LogP contribution >= 0.6 is 0 Å². The van der Waals surface area contributed by atoms with Gasteiger partial charge < -0.3 is 10.0 Å². The summed E-state index contributed by atoms with van der Waals surface area (Å²) < 4.78 is 13.1. The maximum Gasteiger partial charge on any atom is 0.255 e. The van der Waals surface area contributed by atoms with Crippen LogP contribution in [0, 0.1) is 11.7 Å². The number of carbonyl (C=O) groups is 2. The van der Waals surface area contributed by atoms with Gasteiger partial charge >= 0.3 is 0 Å². The van der Waals surface area contributed by atoms with Crippen molar-refractivity contribution in [2.24, 2.45) is 5.92 Å². The Morgan fingerprint density at radius 3 is 2.40 bits per heavy atom. The van der Waals surface area contributed by atoms with Crippen molar-refractivity contribution >= 4 is 11.7 Å². The molecule has 158 valence electrons. The summed E-state index contributed by atoms with van der Waals surface area (Å²) in [5.74, 6) is -0.466. The number of pyridine rings is 1. The molecule has 2 saturated heterocycles. The lowest BCUT2D eigenvalue weighted by Gasteiger charge is -2.44. The molecule has 0 aliphatic carbocycles. The molecular formula is C23H26FN3O3. The van der Waals surface area contributed by atoms with Crippen LogP contribution in [0.3, 0.4) is 0 Å². The Kier molecular flexibility index (Phi) is 6.20. The van der Waals surface area contributed by atoms with Crippen LogP contribution in [0.25, 0.3) is 0 Å². The third-order valence-electron chi connectivity index (χ3n) is 6.24. The molecule has 0 spiro atoms. The Morgan fingerprint density at radius 1 is 1.00 bits per heavy atom. The van der Waals surface area contributed by atoms with Crippen LogP contribution in [0.1, 0.15) is 40.0 Å². The van der Waals surface area contributed by atoms with Gasteiger partial charge in [-0.2, -0.15) is 0 Å². The first-order chi connectivity index (χ1) is 14.5. The van der Waals surface area contributed by atoms with Crippen LogP contribution < -0.4 is 0 Å². The number of rotatable bonds is 4. The quantitative estimate of drug-likeness (QED) is 0.782. The fourth-order valence-corrected chi connectivity index (χ4v) is 4.48. The molecule has 2 atom stereocenters. The van der Waals surface area contributed by atoms with Crippen molar-refractivity contribution in [2.75, 3.05) is 26.2 Å². The summed E-state index contributed by atoms with van der Waals surface area (Å²) >= 11 is 0. The van der Waals surface area contributed by atoms with Gasteiger partial charge in [-0.05, 0) is 68.8 Å². The van der Waals surface area contributed by atoms with Gasteiger partial charge in [0.25, 0.3) is 5.91 Å². The molecule has 1 N–H and O–H groups in total. The summed E-state index contributed by atoms with van der Waals surface area (Å²) in [5, 5.41) is 10.6. The maximum absolute atomic E-state index is 13.1. The molecule has 1 amide bonds. The number of benzene rings is 1. The number of halogens is 1. The Labute approximate surface area is 175 Å². The summed E-state index contributed by atoms with van der Waals surface area (Å²) in [4.78, 5) is 33.5.